The number of halogens is 6. The van der Waals surface area contributed by atoms with Crippen molar-refractivity contribution in [1.82, 2.24) is 5.32 Å². The van der Waals surface area contributed by atoms with E-state index in [4.69, 9.17) is 16.7 Å². The summed E-state index contributed by atoms with van der Waals surface area (Å²) >= 11 is 5.78. The number of carbonyl (C=O) groups is 2. The third kappa shape index (κ3) is 4.96. The van der Waals surface area contributed by atoms with Crippen molar-refractivity contribution < 1.29 is 36.6 Å². The van der Waals surface area contributed by atoms with Gasteiger partial charge in [-0.1, -0.05) is 11.6 Å². The highest BCUT2D eigenvalue weighted by Gasteiger charge is 2.39. The van der Waals surface area contributed by atoms with Gasteiger partial charge in [0.2, 0.25) is 5.92 Å². The average molecular weight is 455 g/mol. The maximum Gasteiger partial charge on any atom is 0.417 e. The Balaban J connectivity index is 1.90. The van der Waals surface area contributed by atoms with Crippen LogP contribution in [0.15, 0.2) is 12.1 Å². The van der Waals surface area contributed by atoms with E-state index in [-0.39, 0.29) is 50.0 Å². The van der Waals surface area contributed by atoms with Crippen LogP contribution in [0.5, 0.6) is 0 Å². The number of hydrogen-bond acceptors (Lipinski definition) is 3. The molecular formula is C19H20ClF5N2O3. The number of nitrogens with one attached hydrogen (secondary N) is 1. The normalized spacial score (nSPS) is 24.0. The molecule has 1 aromatic rings. The molecule has 11 heteroatoms. The van der Waals surface area contributed by atoms with E-state index in [2.05, 4.69) is 5.32 Å². The Morgan fingerprint density at radius 1 is 1.17 bits per heavy atom. The molecule has 2 aliphatic rings. The Hall–Kier alpha value is -2.10. The van der Waals surface area contributed by atoms with E-state index in [1.807, 2.05) is 0 Å². The van der Waals surface area contributed by atoms with Crippen LogP contribution in [0.25, 0.3) is 0 Å². The fourth-order valence-corrected chi connectivity index (χ4v) is 4.00. The standard InChI is InChI=1S/C19H20ClF5N2O3/c20-14-8-12(16(28)26-11-6-10(7-11)17(29)30)15(9-13(14)19(23,24)25)27-4-1-2-18(21,22)3-5-27/h8-11H,1-7H2,(H,26,28)(H,29,30)/t10-,11-. The van der Waals surface area contributed by atoms with E-state index in [0.717, 1.165) is 12.1 Å². The third-order valence-corrected chi connectivity index (χ3v) is 5.83. The SMILES string of the molecule is O=C(N[C@H]1C[C@H](C(=O)O)C1)c1cc(Cl)c(C(F)(F)F)cc1N1CCCC(F)(F)CC1. The van der Waals surface area contributed by atoms with Gasteiger partial charge in [0.25, 0.3) is 5.91 Å². The fraction of sp³-hybridized carbons (Fsp3) is 0.579. The lowest BCUT2D eigenvalue weighted by Crippen LogP contribution is -2.47. The summed E-state index contributed by atoms with van der Waals surface area (Å²) in [6, 6.07) is 1.19. The van der Waals surface area contributed by atoms with Gasteiger partial charge in [-0.05, 0) is 31.4 Å². The number of carboxylic acids is 1. The molecule has 1 heterocycles. The molecular weight excluding hydrogens is 435 g/mol. The van der Waals surface area contributed by atoms with Gasteiger partial charge in [0.15, 0.2) is 0 Å². The second-order valence-corrected chi connectivity index (χ2v) is 8.13. The molecule has 30 heavy (non-hydrogen) atoms. The quantitative estimate of drug-likeness (QED) is 0.653. The molecule has 0 unspecified atom stereocenters. The van der Waals surface area contributed by atoms with Crippen LogP contribution in [0, 0.1) is 5.92 Å². The van der Waals surface area contributed by atoms with Crippen LogP contribution < -0.4 is 10.2 Å². The molecule has 0 aromatic heterocycles. The van der Waals surface area contributed by atoms with E-state index >= 15 is 0 Å². The Kier molecular flexibility index (Phi) is 6.18. The molecule has 0 radical (unpaired) electrons. The van der Waals surface area contributed by atoms with Gasteiger partial charge < -0.3 is 15.3 Å². The van der Waals surface area contributed by atoms with Crippen LogP contribution >= 0.6 is 11.6 Å². The summed E-state index contributed by atoms with van der Waals surface area (Å²) in [5, 5.41) is 10.8. The predicted octanol–water partition coefficient (Wildman–Crippen LogP) is 4.58. The zero-order chi connectivity index (χ0) is 22.3. The van der Waals surface area contributed by atoms with Crippen molar-refractivity contribution in [2.45, 2.75) is 50.2 Å². The monoisotopic (exact) mass is 454 g/mol. The Morgan fingerprint density at radius 2 is 1.83 bits per heavy atom. The molecule has 2 N–H and O–H groups in total. The van der Waals surface area contributed by atoms with E-state index in [1.54, 1.807) is 0 Å². The number of amides is 1. The molecule has 1 saturated carbocycles. The zero-order valence-corrected chi connectivity index (χ0v) is 16.5. The predicted molar refractivity (Wildman–Crippen MR) is 99.1 cm³/mol. The second-order valence-electron chi connectivity index (χ2n) is 7.72. The summed E-state index contributed by atoms with van der Waals surface area (Å²) in [5.74, 6) is -5.21. The lowest BCUT2D eigenvalue weighted by molar-refractivity contribution is -0.145. The molecule has 1 aliphatic heterocycles. The number of carbonyl (C=O) groups excluding carboxylic acids is 1. The molecule has 5 nitrogen and oxygen atoms in total. The molecule has 1 aromatic carbocycles. The number of rotatable bonds is 4. The van der Waals surface area contributed by atoms with Crippen LogP contribution in [0.3, 0.4) is 0 Å². The van der Waals surface area contributed by atoms with Gasteiger partial charge in [-0.2, -0.15) is 13.2 Å². The van der Waals surface area contributed by atoms with E-state index in [1.165, 1.54) is 4.90 Å². The zero-order valence-electron chi connectivity index (χ0n) is 15.7. The minimum atomic E-state index is -4.78. The first-order chi connectivity index (χ1) is 13.9. The minimum absolute atomic E-state index is 0.0565. The molecule has 0 spiro atoms. The van der Waals surface area contributed by atoms with Crippen molar-refractivity contribution in [3.8, 4) is 0 Å². The molecule has 1 amide bonds. The van der Waals surface area contributed by atoms with E-state index in [0.29, 0.717) is 0 Å². The topological polar surface area (TPSA) is 69.6 Å². The van der Waals surface area contributed by atoms with Gasteiger partial charge in [-0.15, -0.1) is 0 Å². The van der Waals surface area contributed by atoms with Gasteiger partial charge in [0.05, 0.1) is 27.8 Å². The number of anilines is 1. The molecule has 3 rings (SSSR count). The summed E-state index contributed by atoms with van der Waals surface area (Å²) in [6.45, 7) is -0.143. The summed E-state index contributed by atoms with van der Waals surface area (Å²) in [6.07, 6.45) is -5.23. The first kappa shape index (κ1) is 22.6. The number of alkyl halides is 5. The highest BCUT2D eigenvalue weighted by Crippen LogP contribution is 2.40. The molecule has 1 aliphatic carbocycles. The van der Waals surface area contributed by atoms with Crippen LogP contribution in [-0.4, -0.2) is 42.0 Å². The van der Waals surface area contributed by atoms with Crippen LogP contribution in [-0.2, 0) is 11.0 Å². The Bertz CT molecular complexity index is 840. The molecule has 2 fully saturated rings. The molecule has 0 bridgehead atoms. The average Bonchev–Trinajstić information content (AvgIpc) is 2.76. The lowest BCUT2D eigenvalue weighted by Gasteiger charge is -2.33. The second kappa shape index (κ2) is 8.20. The smallest absolute Gasteiger partial charge is 0.417 e. The minimum Gasteiger partial charge on any atom is -0.481 e. The number of nitrogens with zero attached hydrogens (tertiary/aromatic N) is 1. The van der Waals surface area contributed by atoms with Crippen molar-refractivity contribution in [2.75, 3.05) is 18.0 Å². The highest BCUT2D eigenvalue weighted by molar-refractivity contribution is 6.32. The van der Waals surface area contributed by atoms with Crippen molar-refractivity contribution in [2.24, 2.45) is 5.92 Å². The largest absolute Gasteiger partial charge is 0.481 e. The third-order valence-electron chi connectivity index (χ3n) is 5.52. The summed E-state index contributed by atoms with van der Waals surface area (Å²) in [5.41, 5.74) is -1.42. The van der Waals surface area contributed by atoms with Gasteiger partial charge in [-0.25, -0.2) is 8.78 Å². The maximum absolute atomic E-state index is 13.7. The van der Waals surface area contributed by atoms with Gasteiger partial charge in [0.1, 0.15) is 0 Å². The van der Waals surface area contributed by atoms with Crippen molar-refractivity contribution >= 4 is 29.2 Å². The Morgan fingerprint density at radius 3 is 2.43 bits per heavy atom. The molecule has 1 saturated heterocycles. The number of hydrogen-bond donors (Lipinski definition) is 2. The lowest BCUT2D eigenvalue weighted by atomic mass is 9.80. The van der Waals surface area contributed by atoms with Crippen LogP contribution in [0.2, 0.25) is 5.02 Å². The van der Waals surface area contributed by atoms with E-state index < -0.39 is 52.9 Å². The first-order valence-electron chi connectivity index (χ1n) is 9.44. The van der Waals surface area contributed by atoms with E-state index in [9.17, 15) is 31.5 Å². The van der Waals surface area contributed by atoms with Crippen molar-refractivity contribution in [1.29, 1.82) is 0 Å². The summed E-state index contributed by atoms with van der Waals surface area (Å²) < 4.78 is 67.5. The Labute approximate surface area is 174 Å². The van der Waals surface area contributed by atoms with Gasteiger partial charge in [-0.3, -0.25) is 9.59 Å². The summed E-state index contributed by atoms with van der Waals surface area (Å²) in [7, 11) is 0. The van der Waals surface area contributed by atoms with Gasteiger partial charge >= 0.3 is 12.1 Å². The fourth-order valence-electron chi connectivity index (χ4n) is 3.73. The van der Waals surface area contributed by atoms with Crippen molar-refractivity contribution in [3.63, 3.8) is 0 Å². The van der Waals surface area contributed by atoms with Crippen molar-refractivity contribution in [3.05, 3.63) is 28.3 Å². The molecule has 0 atom stereocenters. The highest BCUT2D eigenvalue weighted by atomic mass is 35.5. The number of aliphatic carboxylic acids is 1. The van der Waals surface area contributed by atoms with Crippen LogP contribution in [0.1, 0.15) is 48.0 Å². The summed E-state index contributed by atoms with van der Waals surface area (Å²) in [4.78, 5) is 25.0. The number of carboxylic acid groups (broad SMARTS) is 1. The van der Waals surface area contributed by atoms with Crippen LogP contribution in [0.4, 0.5) is 27.6 Å². The molecule has 166 valence electrons. The first-order valence-corrected chi connectivity index (χ1v) is 9.82. The number of benzene rings is 1. The van der Waals surface area contributed by atoms with Gasteiger partial charge in [0, 0.05) is 32.0 Å². The maximum atomic E-state index is 13.7.